The van der Waals surface area contributed by atoms with Crippen LogP contribution in [-0.4, -0.2) is 13.7 Å². The molecule has 1 unspecified atom stereocenters. The Labute approximate surface area is 125 Å². The smallest absolute Gasteiger partial charge is 0.118 e. The Morgan fingerprint density at radius 1 is 1.20 bits per heavy atom. The van der Waals surface area contributed by atoms with E-state index in [4.69, 9.17) is 4.74 Å². The Kier molecular flexibility index (Phi) is 4.84. The van der Waals surface area contributed by atoms with Crippen molar-refractivity contribution in [3.63, 3.8) is 0 Å². The summed E-state index contributed by atoms with van der Waals surface area (Å²) >= 11 is 1.83. The standard InChI is InChI=1S/C17H23NOS/c1-13(14-7-9-15(19-4)10-8-14)18-12-17(2,3)16-6-5-11-20-16/h5-11,13,18H,12H2,1-4H3. The van der Waals surface area contributed by atoms with Gasteiger partial charge in [-0.05, 0) is 36.1 Å². The van der Waals surface area contributed by atoms with Crippen LogP contribution in [0.4, 0.5) is 0 Å². The van der Waals surface area contributed by atoms with Gasteiger partial charge in [0, 0.05) is 22.9 Å². The van der Waals surface area contributed by atoms with Crippen LogP contribution in [0.1, 0.15) is 37.3 Å². The Morgan fingerprint density at radius 2 is 1.90 bits per heavy atom. The molecule has 0 saturated heterocycles. The van der Waals surface area contributed by atoms with Gasteiger partial charge in [0.15, 0.2) is 0 Å². The zero-order chi connectivity index (χ0) is 14.6. The first-order chi connectivity index (χ1) is 9.53. The number of ether oxygens (including phenoxy) is 1. The minimum atomic E-state index is 0.162. The van der Waals surface area contributed by atoms with Crippen molar-refractivity contribution < 1.29 is 4.74 Å². The summed E-state index contributed by atoms with van der Waals surface area (Å²) in [5.74, 6) is 0.903. The second-order valence-corrected chi connectivity index (χ2v) is 6.68. The summed E-state index contributed by atoms with van der Waals surface area (Å²) < 4.78 is 5.19. The number of rotatable bonds is 6. The van der Waals surface area contributed by atoms with Crippen LogP contribution in [0.15, 0.2) is 41.8 Å². The molecule has 0 fully saturated rings. The third-order valence-corrected chi connectivity index (χ3v) is 4.89. The number of methoxy groups -OCH3 is 1. The van der Waals surface area contributed by atoms with Gasteiger partial charge >= 0.3 is 0 Å². The molecular formula is C17H23NOS. The van der Waals surface area contributed by atoms with Gasteiger partial charge in [-0.3, -0.25) is 0 Å². The molecule has 1 N–H and O–H groups in total. The van der Waals surface area contributed by atoms with Crippen LogP contribution >= 0.6 is 11.3 Å². The Hall–Kier alpha value is -1.32. The van der Waals surface area contributed by atoms with Gasteiger partial charge in [0.1, 0.15) is 5.75 Å². The molecular weight excluding hydrogens is 266 g/mol. The third kappa shape index (κ3) is 3.62. The maximum absolute atomic E-state index is 5.19. The number of thiophene rings is 1. The summed E-state index contributed by atoms with van der Waals surface area (Å²) in [6.07, 6.45) is 0. The van der Waals surface area contributed by atoms with Crippen LogP contribution in [0.2, 0.25) is 0 Å². The third-order valence-electron chi connectivity index (χ3n) is 3.65. The Bertz CT molecular complexity index is 516. The van der Waals surface area contributed by atoms with Crippen LogP contribution in [0, 0.1) is 0 Å². The van der Waals surface area contributed by atoms with Gasteiger partial charge in [0.05, 0.1) is 7.11 Å². The highest BCUT2D eigenvalue weighted by atomic mass is 32.1. The van der Waals surface area contributed by atoms with E-state index in [1.807, 2.05) is 23.5 Å². The van der Waals surface area contributed by atoms with Crippen LogP contribution < -0.4 is 10.1 Å². The zero-order valence-electron chi connectivity index (χ0n) is 12.6. The molecule has 20 heavy (non-hydrogen) atoms. The first-order valence-electron chi connectivity index (χ1n) is 6.94. The van der Waals surface area contributed by atoms with Gasteiger partial charge in [-0.1, -0.05) is 32.0 Å². The predicted molar refractivity (Wildman–Crippen MR) is 86.8 cm³/mol. The monoisotopic (exact) mass is 289 g/mol. The van der Waals surface area contributed by atoms with Crippen molar-refractivity contribution in [3.05, 3.63) is 52.2 Å². The maximum Gasteiger partial charge on any atom is 0.118 e. The molecule has 0 aliphatic rings. The molecule has 108 valence electrons. The van der Waals surface area contributed by atoms with E-state index >= 15 is 0 Å². The van der Waals surface area contributed by atoms with Crippen molar-refractivity contribution in [2.45, 2.75) is 32.2 Å². The van der Waals surface area contributed by atoms with Crippen molar-refractivity contribution in [2.75, 3.05) is 13.7 Å². The van der Waals surface area contributed by atoms with E-state index in [2.05, 4.69) is 55.7 Å². The predicted octanol–water partition coefficient (Wildman–Crippen LogP) is 4.39. The lowest BCUT2D eigenvalue weighted by molar-refractivity contribution is 0.413. The highest BCUT2D eigenvalue weighted by Crippen LogP contribution is 2.27. The number of hydrogen-bond donors (Lipinski definition) is 1. The summed E-state index contributed by atoms with van der Waals surface area (Å²) in [6, 6.07) is 12.9. The highest BCUT2D eigenvalue weighted by Gasteiger charge is 2.22. The fraction of sp³-hybridized carbons (Fsp3) is 0.412. The second kappa shape index (κ2) is 6.42. The summed E-state index contributed by atoms with van der Waals surface area (Å²) in [6.45, 7) is 7.73. The van der Waals surface area contributed by atoms with Gasteiger partial charge in [-0.2, -0.15) is 0 Å². The molecule has 2 nitrogen and oxygen atoms in total. The maximum atomic E-state index is 5.19. The van der Waals surface area contributed by atoms with Crippen molar-refractivity contribution in [1.29, 1.82) is 0 Å². The quantitative estimate of drug-likeness (QED) is 0.852. The van der Waals surface area contributed by atoms with Gasteiger partial charge in [0.2, 0.25) is 0 Å². The SMILES string of the molecule is COc1ccc(C(C)NCC(C)(C)c2cccs2)cc1. The minimum Gasteiger partial charge on any atom is -0.497 e. The normalized spacial score (nSPS) is 13.2. The number of benzene rings is 1. The summed E-state index contributed by atoms with van der Waals surface area (Å²) in [4.78, 5) is 1.42. The summed E-state index contributed by atoms with van der Waals surface area (Å²) in [5, 5.41) is 5.77. The van der Waals surface area contributed by atoms with E-state index in [1.54, 1.807) is 7.11 Å². The largest absolute Gasteiger partial charge is 0.497 e. The van der Waals surface area contributed by atoms with Gasteiger partial charge in [0.25, 0.3) is 0 Å². The fourth-order valence-corrected chi connectivity index (χ4v) is 3.02. The van der Waals surface area contributed by atoms with Crippen LogP contribution in [0.25, 0.3) is 0 Å². The van der Waals surface area contributed by atoms with Crippen molar-refractivity contribution >= 4 is 11.3 Å². The molecule has 0 bridgehead atoms. The Morgan fingerprint density at radius 3 is 2.45 bits per heavy atom. The van der Waals surface area contributed by atoms with E-state index < -0.39 is 0 Å². The minimum absolute atomic E-state index is 0.162. The van der Waals surface area contributed by atoms with Crippen LogP contribution in [0.5, 0.6) is 5.75 Å². The number of nitrogens with one attached hydrogen (secondary N) is 1. The lowest BCUT2D eigenvalue weighted by Crippen LogP contribution is -2.33. The van der Waals surface area contributed by atoms with Crippen LogP contribution in [0.3, 0.4) is 0 Å². The zero-order valence-corrected chi connectivity index (χ0v) is 13.5. The van der Waals surface area contributed by atoms with E-state index in [0.29, 0.717) is 6.04 Å². The molecule has 3 heteroatoms. The first kappa shape index (κ1) is 15.1. The molecule has 1 aromatic carbocycles. The molecule has 2 rings (SSSR count). The summed E-state index contributed by atoms with van der Waals surface area (Å²) in [5.41, 5.74) is 1.45. The van der Waals surface area contributed by atoms with Crippen molar-refractivity contribution in [1.82, 2.24) is 5.32 Å². The lowest BCUT2D eigenvalue weighted by Gasteiger charge is -2.26. The molecule has 1 aromatic heterocycles. The van der Waals surface area contributed by atoms with Gasteiger partial charge < -0.3 is 10.1 Å². The molecule has 0 aliphatic heterocycles. The number of hydrogen-bond acceptors (Lipinski definition) is 3. The van der Waals surface area contributed by atoms with Gasteiger partial charge in [-0.25, -0.2) is 0 Å². The molecule has 0 radical (unpaired) electrons. The van der Waals surface area contributed by atoms with Crippen molar-refractivity contribution in [3.8, 4) is 5.75 Å². The van der Waals surface area contributed by atoms with E-state index in [9.17, 15) is 0 Å². The second-order valence-electron chi connectivity index (χ2n) is 5.74. The molecule has 0 aliphatic carbocycles. The molecule has 1 atom stereocenters. The Balaban J connectivity index is 1.96. The van der Waals surface area contributed by atoms with Gasteiger partial charge in [-0.15, -0.1) is 11.3 Å². The molecule has 2 aromatic rings. The van der Waals surface area contributed by atoms with Crippen molar-refractivity contribution in [2.24, 2.45) is 0 Å². The fourth-order valence-electron chi connectivity index (χ4n) is 2.17. The van der Waals surface area contributed by atoms with E-state index in [1.165, 1.54) is 10.4 Å². The van der Waals surface area contributed by atoms with Crippen LogP contribution in [-0.2, 0) is 5.41 Å². The highest BCUT2D eigenvalue weighted by molar-refractivity contribution is 7.10. The van der Waals surface area contributed by atoms with E-state index in [0.717, 1.165) is 12.3 Å². The average molecular weight is 289 g/mol. The van der Waals surface area contributed by atoms with E-state index in [-0.39, 0.29) is 5.41 Å². The average Bonchev–Trinajstić information content (AvgIpc) is 3.00. The molecule has 1 heterocycles. The lowest BCUT2D eigenvalue weighted by atomic mass is 9.91. The molecule has 0 amide bonds. The first-order valence-corrected chi connectivity index (χ1v) is 7.82. The topological polar surface area (TPSA) is 21.3 Å². The summed E-state index contributed by atoms with van der Waals surface area (Å²) in [7, 11) is 1.69. The molecule has 0 saturated carbocycles. The molecule has 0 spiro atoms.